The van der Waals surface area contributed by atoms with Gasteiger partial charge in [-0.05, 0) is 127 Å². The highest BCUT2D eigenvalue weighted by atomic mass is 16.6. The summed E-state index contributed by atoms with van der Waals surface area (Å²) < 4.78 is 56.3. The Morgan fingerprint density at radius 3 is 0.993 bits per heavy atom. The molecule has 0 fully saturated rings. The monoisotopic (exact) mass is 1860 g/mol. The topological polar surface area (TPSA) is 573 Å². The molecule has 0 aliphatic carbocycles. The summed E-state index contributed by atoms with van der Waals surface area (Å²) in [5.74, 6) is -6.06. The first-order valence-corrected chi connectivity index (χ1v) is 39.9. The number of aromatic carboxylic acids is 3. The molecular formula is C98H93N7O31. The lowest BCUT2D eigenvalue weighted by Gasteiger charge is -2.20. The van der Waals surface area contributed by atoms with E-state index in [1.807, 2.05) is 152 Å². The molecule has 136 heavy (non-hydrogen) atoms. The fourth-order valence-corrected chi connectivity index (χ4v) is 10.9. The summed E-state index contributed by atoms with van der Waals surface area (Å²) >= 11 is 0. The molecule has 12 aromatic carbocycles. The first-order chi connectivity index (χ1) is 64.7. The number of methoxy groups -OCH3 is 4. The number of nitro groups is 3. The van der Waals surface area contributed by atoms with Crippen LogP contribution in [0, 0.1) is 30.3 Å². The van der Waals surface area contributed by atoms with Crippen molar-refractivity contribution in [1.82, 2.24) is 0 Å². The predicted molar refractivity (Wildman–Crippen MR) is 495 cm³/mol. The summed E-state index contributed by atoms with van der Waals surface area (Å²) in [6.07, 6.45) is 0.707. The number of esters is 6. The molecule has 0 saturated heterocycles. The second-order valence-corrected chi connectivity index (χ2v) is 28.7. The molecular weight excluding hydrogens is 1770 g/mol. The minimum atomic E-state index is -1.32. The number of carbonyl (C=O) groups is 10. The Bertz CT molecular complexity index is 6030. The Labute approximate surface area is 776 Å². The summed E-state index contributed by atoms with van der Waals surface area (Å²) in [7, 11) is 5.39. The summed E-state index contributed by atoms with van der Waals surface area (Å²) in [5, 5.41) is 69.0. The van der Waals surface area contributed by atoms with Gasteiger partial charge in [0.05, 0.1) is 111 Å². The summed E-state index contributed by atoms with van der Waals surface area (Å²) in [6, 6.07) is 74.7. The summed E-state index contributed by atoms with van der Waals surface area (Å²) in [5.41, 5.74) is 21.4. The second-order valence-electron chi connectivity index (χ2n) is 28.7. The highest BCUT2D eigenvalue weighted by molar-refractivity contribution is 6.00. The van der Waals surface area contributed by atoms with Gasteiger partial charge < -0.3 is 89.7 Å². The van der Waals surface area contributed by atoms with Crippen molar-refractivity contribution in [1.29, 1.82) is 0 Å². The number of carboxylic acids is 3. The molecule has 12 aromatic rings. The Kier molecular flexibility index (Phi) is 42.2. The molecule has 0 atom stereocenters. The first-order valence-electron chi connectivity index (χ1n) is 39.9. The number of ether oxygens (including phenoxy) is 11. The van der Waals surface area contributed by atoms with Gasteiger partial charge in [0, 0.05) is 53.1 Å². The molecule has 0 unspecified atom stereocenters. The minimum Gasteiger partial charge on any atom is -0.508 e. The highest BCUT2D eigenvalue weighted by Gasteiger charge is 2.23. The third-order valence-electron chi connectivity index (χ3n) is 17.2. The SMILES string of the molecule is C=CCOC(=O)c1cc(NC(=O)OC(C)(C)C)cc(C(=O)OCc2ccccc2)c1.COC(=O)c1cc(N)cc(OC)c1.COC(=O)c1cc(OC)cc([N+](=O)[O-])c1.Nc1cc(C(=O)O)cc(C(=O)O)c1.Nc1cc(OCc2ccccc2)cc(C(=O)OCc2ccccc2)c1.O=C(O)c1cc(O)cc([N+](=O)[O-])c1.O=C(OCc1ccccc1)c1cc(OCc2ccccc2)cc([N+](=O)[O-])c1. The molecule has 12 rings (SSSR count). The number of phenols is 1. The number of nitrogens with two attached hydrogens (primary N) is 3. The zero-order chi connectivity index (χ0) is 100.0. The van der Waals surface area contributed by atoms with Crippen molar-refractivity contribution in [2.24, 2.45) is 0 Å². The van der Waals surface area contributed by atoms with Crippen LogP contribution in [0.1, 0.15) is 142 Å². The van der Waals surface area contributed by atoms with E-state index in [4.69, 9.17) is 80.3 Å². The van der Waals surface area contributed by atoms with E-state index in [2.05, 4.69) is 21.4 Å². The number of anilines is 4. The van der Waals surface area contributed by atoms with E-state index in [0.717, 1.165) is 58.1 Å². The van der Waals surface area contributed by atoms with Gasteiger partial charge in [-0.2, -0.15) is 0 Å². The van der Waals surface area contributed by atoms with Crippen LogP contribution in [0.15, 0.2) is 292 Å². The minimum absolute atomic E-state index is 0.0103. The molecule has 706 valence electrons. The van der Waals surface area contributed by atoms with E-state index in [0.29, 0.717) is 40.6 Å². The Hall–Kier alpha value is -18.5. The van der Waals surface area contributed by atoms with Crippen LogP contribution in [-0.4, -0.2) is 136 Å². The van der Waals surface area contributed by atoms with Gasteiger partial charge in [0.1, 0.15) is 74.0 Å². The van der Waals surface area contributed by atoms with Crippen molar-refractivity contribution in [3.8, 4) is 28.7 Å². The van der Waals surface area contributed by atoms with Crippen molar-refractivity contribution < 1.29 is 135 Å². The van der Waals surface area contributed by atoms with Gasteiger partial charge in [-0.3, -0.25) is 35.7 Å². The average Bonchev–Trinajstić information content (AvgIpc) is 0.831. The zero-order valence-corrected chi connectivity index (χ0v) is 74.0. The van der Waals surface area contributed by atoms with Crippen molar-refractivity contribution in [2.45, 2.75) is 59.4 Å². The van der Waals surface area contributed by atoms with Gasteiger partial charge in [0.15, 0.2) is 0 Å². The number of carbonyl (C=O) groups excluding carboxylic acids is 7. The van der Waals surface area contributed by atoms with Gasteiger partial charge in [0.2, 0.25) is 0 Å². The zero-order valence-electron chi connectivity index (χ0n) is 74.0. The fraction of sp³-hybridized carbons (Fsp3) is 0.143. The van der Waals surface area contributed by atoms with Crippen LogP contribution >= 0.6 is 0 Å². The number of hydrogen-bond donors (Lipinski definition) is 8. The third kappa shape index (κ3) is 38.0. The number of nitro benzene ring substituents is 3. The number of benzene rings is 12. The number of nitrogens with zero attached hydrogens (tertiary/aromatic N) is 3. The molecule has 0 bridgehead atoms. The van der Waals surface area contributed by atoms with Crippen molar-refractivity contribution >= 4 is 99.6 Å². The van der Waals surface area contributed by atoms with Crippen LogP contribution in [0.4, 0.5) is 44.6 Å². The number of rotatable bonds is 29. The maximum atomic E-state index is 12.5. The summed E-state index contributed by atoms with van der Waals surface area (Å²) in [4.78, 5) is 145. The fourth-order valence-electron chi connectivity index (χ4n) is 10.9. The molecule has 0 heterocycles. The largest absolute Gasteiger partial charge is 0.508 e. The lowest BCUT2D eigenvalue weighted by atomic mass is 10.1. The second kappa shape index (κ2) is 54.1. The molecule has 1 amide bonds. The van der Waals surface area contributed by atoms with Gasteiger partial charge >= 0.3 is 59.8 Å². The molecule has 0 radical (unpaired) electrons. The van der Waals surface area contributed by atoms with E-state index in [-0.39, 0.29) is 106 Å². The first kappa shape index (κ1) is 106. The van der Waals surface area contributed by atoms with E-state index in [1.54, 1.807) is 51.1 Å². The average molecular weight is 1860 g/mol. The van der Waals surface area contributed by atoms with Crippen LogP contribution < -0.4 is 41.5 Å². The molecule has 38 nitrogen and oxygen atoms in total. The van der Waals surface area contributed by atoms with Crippen molar-refractivity contribution in [3.05, 3.63) is 400 Å². The lowest BCUT2D eigenvalue weighted by Crippen LogP contribution is -2.27. The lowest BCUT2D eigenvalue weighted by molar-refractivity contribution is -0.385. The van der Waals surface area contributed by atoms with Gasteiger partial charge in [-0.25, -0.2) is 47.9 Å². The molecule has 38 heteroatoms. The Morgan fingerprint density at radius 2 is 0.632 bits per heavy atom. The van der Waals surface area contributed by atoms with Crippen molar-refractivity contribution in [3.63, 3.8) is 0 Å². The van der Waals surface area contributed by atoms with Crippen LogP contribution in [0.25, 0.3) is 0 Å². The molecule has 0 saturated carbocycles. The molecule has 11 N–H and O–H groups in total. The quantitative estimate of drug-likeness (QED) is 0.00539. The van der Waals surface area contributed by atoms with Gasteiger partial charge in [-0.1, -0.05) is 164 Å². The molecule has 0 aliphatic heterocycles. The highest BCUT2D eigenvalue weighted by Crippen LogP contribution is 2.29. The Morgan fingerprint density at radius 1 is 0.353 bits per heavy atom. The normalized spacial score (nSPS) is 10.0. The third-order valence-corrected chi connectivity index (χ3v) is 17.2. The standard InChI is InChI=1S/C23H25NO6.C21H17NO5.C21H19NO3.C9H9NO5.C9H11NO3.C8H7NO4.C7H5NO5/c1-5-11-28-20(25)17-12-18(21(26)29-15-16-9-7-6-8-10-16)14-19(13-17)24-22(27)30-23(2,3)4;23-21(27-15-17-9-5-2-6-10-17)18-11-19(22(24)25)13-20(12-18)26-14-16-7-3-1-4-8-16;22-19-11-18(21(23)25-15-17-9-5-2-6-10-17)12-20(13-19)24-14-16-7-3-1-4-8-16;1-14-8-4-6(9(11)15-2)3-7(5-8)10(12)13;1-12-8-4-6(9(11)13-2)3-7(10)5-8;2*9-6-2-4(7(10)11)1-5(3-6)8(12)13/h5-10,12-14H,1,11,15H2,2-4H3,(H,24,27);1-13H,14-15H2;1-13H,14-15,22H2;3-5H,1-2H3;3-5H,10H2,1-2H3;1-3H,9H2,(H,10,11)(H,12,13);1-3,9H,(H,10,11). The van der Waals surface area contributed by atoms with Crippen LogP contribution in [0.2, 0.25) is 0 Å². The number of non-ortho nitro benzene ring substituents is 3. The Balaban J connectivity index is 0.000000250. The van der Waals surface area contributed by atoms with Crippen LogP contribution in [0.3, 0.4) is 0 Å². The van der Waals surface area contributed by atoms with E-state index < -0.39 is 91.6 Å². The van der Waals surface area contributed by atoms with Crippen LogP contribution in [-0.2, 0) is 66.2 Å². The molecule has 0 aromatic heterocycles. The van der Waals surface area contributed by atoms with Crippen LogP contribution in [0.5, 0.6) is 28.7 Å². The number of nitrogens with one attached hydrogen (secondary N) is 1. The number of nitrogen functional groups attached to an aromatic ring is 3. The summed E-state index contributed by atoms with van der Waals surface area (Å²) in [6.45, 7) is 9.69. The molecule has 0 spiro atoms. The number of aromatic hydroxyl groups is 1. The number of amides is 1. The predicted octanol–water partition coefficient (Wildman–Crippen LogP) is 17.6. The maximum absolute atomic E-state index is 12.5. The van der Waals surface area contributed by atoms with Gasteiger partial charge in [-0.15, -0.1) is 0 Å². The van der Waals surface area contributed by atoms with E-state index >= 15 is 0 Å². The maximum Gasteiger partial charge on any atom is 0.412 e. The van der Waals surface area contributed by atoms with E-state index in [9.17, 15) is 78.3 Å². The van der Waals surface area contributed by atoms with Crippen molar-refractivity contribution in [2.75, 3.05) is 57.6 Å². The van der Waals surface area contributed by atoms with E-state index in [1.165, 1.54) is 101 Å². The number of carboxylic acid groups (broad SMARTS) is 3. The molecule has 0 aliphatic rings. The smallest absolute Gasteiger partial charge is 0.412 e. The van der Waals surface area contributed by atoms with Gasteiger partial charge in [0.25, 0.3) is 17.1 Å². The number of phenolic OH excluding ortho intramolecular Hbond substituents is 1. The number of hydrogen-bond acceptors (Lipinski definition) is 31.